The quantitative estimate of drug-likeness (QED) is 0.616. The molecule has 3 rings (SSSR count). The largest absolute Gasteiger partial charge is 0.322 e. The monoisotopic (exact) mass is 418 g/mol. The zero-order chi connectivity index (χ0) is 20.3. The highest BCUT2D eigenvalue weighted by molar-refractivity contribution is 7.99. The molecule has 1 saturated carbocycles. The molecule has 0 saturated heterocycles. The predicted molar refractivity (Wildman–Crippen MR) is 115 cm³/mol. The van der Waals surface area contributed by atoms with Gasteiger partial charge in [0.05, 0.1) is 4.90 Å². The summed E-state index contributed by atoms with van der Waals surface area (Å²) >= 11 is 1.81. The van der Waals surface area contributed by atoms with Crippen LogP contribution in [0.4, 0.5) is 5.69 Å². The summed E-state index contributed by atoms with van der Waals surface area (Å²) in [6, 6.07) is 12.1. The van der Waals surface area contributed by atoms with E-state index in [0.717, 1.165) is 30.5 Å². The van der Waals surface area contributed by atoms with Gasteiger partial charge in [-0.2, -0.15) is 0 Å². The average molecular weight is 419 g/mol. The van der Waals surface area contributed by atoms with Gasteiger partial charge in [-0.15, -0.1) is 11.8 Å². The molecular formula is C21H26N2O3S2. The zero-order valence-corrected chi connectivity index (χ0v) is 18.0. The minimum Gasteiger partial charge on any atom is -0.322 e. The molecule has 1 fully saturated rings. The predicted octanol–water partition coefficient (Wildman–Crippen LogP) is 4.58. The van der Waals surface area contributed by atoms with Crippen molar-refractivity contribution in [3.8, 4) is 0 Å². The fourth-order valence-electron chi connectivity index (χ4n) is 2.65. The van der Waals surface area contributed by atoms with E-state index in [4.69, 9.17) is 0 Å². The molecule has 0 aromatic heterocycles. The van der Waals surface area contributed by atoms with Crippen molar-refractivity contribution >= 4 is 33.4 Å². The summed E-state index contributed by atoms with van der Waals surface area (Å²) in [6.45, 7) is 6.30. The van der Waals surface area contributed by atoms with Crippen LogP contribution in [0.25, 0.3) is 0 Å². The number of rotatable bonds is 8. The number of thioether (sulfide) groups is 1. The lowest BCUT2D eigenvalue weighted by molar-refractivity contribution is 0.102. The molecule has 1 aliphatic carbocycles. The fraction of sp³-hybridized carbons (Fsp3) is 0.381. The number of carbonyl (C=O) groups is 1. The molecule has 1 amide bonds. The number of hydrogen-bond donors (Lipinski definition) is 2. The summed E-state index contributed by atoms with van der Waals surface area (Å²) in [6.07, 6.45) is 2.82. The normalized spacial score (nSPS) is 15.2. The Labute approximate surface area is 171 Å². The number of carbonyl (C=O) groups excluding carboxylic acids is 1. The van der Waals surface area contributed by atoms with Crippen molar-refractivity contribution in [1.82, 2.24) is 4.72 Å². The molecule has 1 unspecified atom stereocenters. The van der Waals surface area contributed by atoms with Gasteiger partial charge in [0, 0.05) is 27.4 Å². The van der Waals surface area contributed by atoms with E-state index in [1.807, 2.05) is 30.8 Å². The summed E-state index contributed by atoms with van der Waals surface area (Å²) in [4.78, 5) is 13.9. The molecule has 2 aromatic rings. The molecule has 1 aliphatic rings. The van der Waals surface area contributed by atoms with Crippen molar-refractivity contribution in [2.75, 3.05) is 5.32 Å². The maximum absolute atomic E-state index is 12.7. The Bertz CT molecular complexity index is 969. The first kappa shape index (κ1) is 20.9. The highest BCUT2D eigenvalue weighted by Gasteiger charge is 2.28. The van der Waals surface area contributed by atoms with Gasteiger partial charge in [0.2, 0.25) is 10.0 Å². The third kappa shape index (κ3) is 5.37. The molecule has 7 heteroatoms. The van der Waals surface area contributed by atoms with Gasteiger partial charge in [-0.05, 0) is 68.1 Å². The maximum atomic E-state index is 12.7. The minimum absolute atomic E-state index is 0.0249. The Hall–Kier alpha value is -1.83. The molecule has 5 nitrogen and oxygen atoms in total. The van der Waals surface area contributed by atoms with Crippen molar-refractivity contribution in [1.29, 1.82) is 0 Å². The maximum Gasteiger partial charge on any atom is 0.255 e. The van der Waals surface area contributed by atoms with Crippen LogP contribution in [-0.2, 0) is 10.0 Å². The minimum atomic E-state index is -3.59. The van der Waals surface area contributed by atoms with Crippen molar-refractivity contribution in [2.24, 2.45) is 0 Å². The number of benzene rings is 2. The van der Waals surface area contributed by atoms with Crippen molar-refractivity contribution in [3.63, 3.8) is 0 Å². The van der Waals surface area contributed by atoms with Gasteiger partial charge < -0.3 is 5.32 Å². The number of anilines is 1. The van der Waals surface area contributed by atoms with Crippen LogP contribution in [0.2, 0.25) is 0 Å². The highest BCUT2D eigenvalue weighted by Crippen LogP contribution is 2.29. The summed E-state index contributed by atoms with van der Waals surface area (Å²) in [5, 5.41) is 3.43. The Kier molecular flexibility index (Phi) is 6.47. The molecular weight excluding hydrogens is 392 g/mol. The summed E-state index contributed by atoms with van der Waals surface area (Å²) < 4.78 is 27.4. The van der Waals surface area contributed by atoms with E-state index in [2.05, 4.69) is 30.0 Å². The van der Waals surface area contributed by atoms with Crippen LogP contribution in [0.1, 0.15) is 49.0 Å². The van der Waals surface area contributed by atoms with Gasteiger partial charge in [-0.1, -0.05) is 19.9 Å². The SMILES string of the molecule is CCC(C)Sc1ccc(NC(=O)c2cccc(S(=O)(=O)NC3CC3)c2)c(C)c1. The van der Waals surface area contributed by atoms with Gasteiger partial charge in [-0.3, -0.25) is 4.79 Å². The van der Waals surface area contributed by atoms with E-state index in [0.29, 0.717) is 10.8 Å². The Balaban J connectivity index is 1.73. The number of aryl methyl sites for hydroxylation is 1. The molecule has 1 atom stereocenters. The number of sulfonamides is 1. The lowest BCUT2D eigenvalue weighted by atomic mass is 10.1. The van der Waals surface area contributed by atoms with Gasteiger partial charge >= 0.3 is 0 Å². The molecule has 0 radical (unpaired) electrons. The van der Waals surface area contributed by atoms with Crippen LogP contribution < -0.4 is 10.0 Å². The molecule has 0 heterocycles. The topological polar surface area (TPSA) is 75.3 Å². The van der Waals surface area contributed by atoms with E-state index >= 15 is 0 Å². The second kappa shape index (κ2) is 8.68. The van der Waals surface area contributed by atoms with Gasteiger partial charge in [0.15, 0.2) is 0 Å². The second-order valence-electron chi connectivity index (χ2n) is 7.19. The van der Waals surface area contributed by atoms with E-state index in [1.54, 1.807) is 12.1 Å². The lowest BCUT2D eigenvalue weighted by Gasteiger charge is -2.13. The van der Waals surface area contributed by atoms with Crippen molar-refractivity contribution in [3.05, 3.63) is 53.6 Å². The molecule has 2 aromatic carbocycles. The first-order valence-corrected chi connectivity index (χ1v) is 11.9. The van der Waals surface area contributed by atoms with Gasteiger partial charge in [0.1, 0.15) is 0 Å². The van der Waals surface area contributed by atoms with Gasteiger partial charge in [-0.25, -0.2) is 13.1 Å². The van der Waals surface area contributed by atoms with E-state index in [9.17, 15) is 13.2 Å². The third-order valence-electron chi connectivity index (χ3n) is 4.66. The number of amides is 1. The molecule has 150 valence electrons. The standard InChI is InChI=1S/C21H26N2O3S2/c1-4-15(3)27-18-10-11-20(14(2)12-18)22-21(24)16-6-5-7-19(13-16)28(25,26)23-17-8-9-17/h5-7,10-13,15,17,23H,4,8-9H2,1-3H3,(H,22,24). The molecule has 0 spiro atoms. The van der Waals surface area contributed by atoms with Crippen molar-refractivity contribution in [2.45, 2.75) is 61.1 Å². The molecule has 0 aliphatic heterocycles. The third-order valence-corrected chi connectivity index (χ3v) is 7.44. The summed E-state index contributed by atoms with van der Waals surface area (Å²) in [5.41, 5.74) is 2.01. The van der Waals surface area contributed by atoms with Crippen LogP contribution in [0.5, 0.6) is 0 Å². The van der Waals surface area contributed by atoms with Crippen LogP contribution in [0, 0.1) is 6.92 Å². The fourth-order valence-corrected chi connectivity index (χ4v) is 5.03. The number of hydrogen-bond acceptors (Lipinski definition) is 4. The second-order valence-corrected chi connectivity index (χ2v) is 10.4. The Morgan fingerprint density at radius 1 is 1.21 bits per heavy atom. The first-order chi connectivity index (χ1) is 13.3. The van der Waals surface area contributed by atoms with Crippen LogP contribution in [0.15, 0.2) is 52.3 Å². The number of nitrogens with one attached hydrogen (secondary N) is 2. The average Bonchev–Trinajstić information content (AvgIpc) is 3.47. The molecule has 2 N–H and O–H groups in total. The molecule has 28 heavy (non-hydrogen) atoms. The van der Waals surface area contributed by atoms with E-state index in [1.165, 1.54) is 17.0 Å². The van der Waals surface area contributed by atoms with Crippen molar-refractivity contribution < 1.29 is 13.2 Å². The summed E-state index contributed by atoms with van der Waals surface area (Å²) in [5.74, 6) is -0.325. The van der Waals surface area contributed by atoms with Crippen LogP contribution in [0.3, 0.4) is 0 Å². The van der Waals surface area contributed by atoms with Crippen LogP contribution >= 0.6 is 11.8 Å². The van der Waals surface area contributed by atoms with E-state index < -0.39 is 10.0 Å². The first-order valence-electron chi connectivity index (χ1n) is 9.49. The zero-order valence-electron chi connectivity index (χ0n) is 16.4. The Morgan fingerprint density at radius 3 is 2.61 bits per heavy atom. The Morgan fingerprint density at radius 2 is 1.96 bits per heavy atom. The van der Waals surface area contributed by atoms with E-state index in [-0.39, 0.29) is 16.8 Å². The lowest BCUT2D eigenvalue weighted by Crippen LogP contribution is -2.26. The van der Waals surface area contributed by atoms with Crippen LogP contribution in [-0.4, -0.2) is 25.6 Å². The molecule has 0 bridgehead atoms. The van der Waals surface area contributed by atoms with Gasteiger partial charge in [0.25, 0.3) is 5.91 Å². The highest BCUT2D eigenvalue weighted by atomic mass is 32.2. The summed E-state index contributed by atoms with van der Waals surface area (Å²) in [7, 11) is -3.59. The smallest absolute Gasteiger partial charge is 0.255 e.